The van der Waals surface area contributed by atoms with Gasteiger partial charge in [0.05, 0.1) is 5.75 Å². The van der Waals surface area contributed by atoms with Gasteiger partial charge >= 0.3 is 0 Å². The maximum absolute atomic E-state index is 11.6. The molecule has 1 aromatic carbocycles. The molecule has 0 aliphatic heterocycles. The van der Waals surface area contributed by atoms with Crippen LogP contribution in [0.4, 0.5) is 0 Å². The Labute approximate surface area is 121 Å². The highest BCUT2D eigenvalue weighted by Gasteiger charge is 2.14. The molecule has 0 aromatic heterocycles. The fourth-order valence-corrected chi connectivity index (χ4v) is 3.12. The van der Waals surface area contributed by atoms with Crippen molar-refractivity contribution in [2.75, 3.05) is 25.1 Å². The van der Waals surface area contributed by atoms with Crippen LogP contribution in [0, 0.1) is 5.92 Å². The van der Waals surface area contributed by atoms with E-state index in [1.807, 2.05) is 31.3 Å². The summed E-state index contributed by atoms with van der Waals surface area (Å²) in [4.78, 5) is 0. The Balaban J connectivity index is 2.60. The number of hydrogen-bond acceptors (Lipinski definition) is 3. The van der Waals surface area contributed by atoms with Gasteiger partial charge in [0.1, 0.15) is 9.84 Å². The van der Waals surface area contributed by atoms with E-state index in [1.54, 1.807) is 6.92 Å². The molecule has 19 heavy (non-hydrogen) atoms. The molecule has 0 saturated heterocycles. The van der Waals surface area contributed by atoms with E-state index in [2.05, 4.69) is 5.32 Å². The second kappa shape index (κ2) is 7.88. The van der Waals surface area contributed by atoms with E-state index < -0.39 is 9.84 Å². The molecular weight excluding hydrogens is 282 g/mol. The van der Waals surface area contributed by atoms with Crippen LogP contribution in [0.25, 0.3) is 0 Å². The van der Waals surface area contributed by atoms with Crippen LogP contribution in [-0.4, -0.2) is 33.5 Å². The summed E-state index contributed by atoms with van der Waals surface area (Å²) in [5.41, 5.74) is 1.19. The minimum absolute atomic E-state index is 0.222. The first kappa shape index (κ1) is 16.5. The van der Waals surface area contributed by atoms with Crippen molar-refractivity contribution >= 4 is 21.4 Å². The van der Waals surface area contributed by atoms with Crippen LogP contribution in [0.2, 0.25) is 5.02 Å². The van der Waals surface area contributed by atoms with Crippen molar-refractivity contribution in [3.05, 3.63) is 34.9 Å². The van der Waals surface area contributed by atoms with Crippen molar-refractivity contribution in [1.29, 1.82) is 0 Å². The van der Waals surface area contributed by atoms with Gasteiger partial charge in [-0.15, -0.1) is 0 Å². The molecule has 0 amide bonds. The zero-order chi connectivity index (χ0) is 14.3. The molecule has 1 atom stereocenters. The molecule has 0 radical (unpaired) electrons. The fourth-order valence-electron chi connectivity index (χ4n) is 2.01. The van der Waals surface area contributed by atoms with Gasteiger partial charge in [0.25, 0.3) is 0 Å². The molecule has 1 rings (SSSR count). The summed E-state index contributed by atoms with van der Waals surface area (Å²) in [6.45, 7) is 2.52. The van der Waals surface area contributed by atoms with E-state index in [0.29, 0.717) is 12.3 Å². The maximum Gasteiger partial charge on any atom is 0.150 e. The van der Waals surface area contributed by atoms with E-state index in [9.17, 15) is 8.42 Å². The predicted molar refractivity (Wildman–Crippen MR) is 81.5 cm³/mol. The average molecular weight is 304 g/mol. The van der Waals surface area contributed by atoms with Gasteiger partial charge in [0.2, 0.25) is 0 Å². The van der Waals surface area contributed by atoms with Gasteiger partial charge in [0, 0.05) is 10.8 Å². The van der Waals surface area contributed by atoms with Crippen molar-refractivity contribution in [3.8, 4) is 0 Å². The third-order valence-corrected chi connectivity index (χ3v) is 5.20. The van der Waals surface area contributed by atoms with Gasteiger partial charge in [-0.3, -0.25) is 0 Å². The van der Waals surface area contributed by atoms with Gasteiger partial charge in [-0.25, -0.2) is 8.42 Å². The van der Waals surface area contributed by atoms with E-state index in [0.717, 1.165) is 18.0 Å². The molecule has 0 heterocycles. The normalized spacial score (nSPS) is 13.4. The largest absolute Gasteiger partial charge is 0.319 e. The van der Waals surface area contributed by atoms with Gasteiger partial charge < -0.3 is 5.32 Å². The predicted octanol–water partition coefficient (Wildman–Crippen LogP) is 2.54. The van der Waals surface area contributed by atoms with Crippen LogP contribution >= 0.6 is 11.6 Å². The fraction of sp³-hybridized carbons (Fsp3) is 0.571. The Morgan fingerprint density at radius 2 is 1.89 bits per heavy atom. The van der Waals surface area contributed by atoms with E-state index in [4.69, 9.17) is 11.6 Å². The topological polar surface area (TPSA) is 46.2 Å². The van der Waals surface area contributed by atoms with Crippen LogP contribution < -0.4 is 5.32 Å². The molecule has 0 saturated carbocycles. The Hall–Kier alpha value is -0.580. The molecular formula is C14H22ClNO2S. The molecule has 0 spiro atoms. The summed E-state index contributed by atoms with van der Waals surface area (Å²) in [6, 6.07) is 7.74. The lowest BCUT2D eigenvalue weighted by atomic mass is 9.97. The number of halogens is 1. The number of sulfone groups is 1. The second-order valence-corrected chi connectivity index (χ2v) is 7.69. The summed E-state index contributed by atoms with van der Waals surface area (Å²) in [7, 11) is -0.989. The van der Waals surface area contributed by atoms with Crippen molar-refractivity contribution in [2.24, 2.45) is 5.92 Å². The molecule has 1 aromatic rings. The lowest BCUT2D eigenvalue weighted by Gasteiger charge is -2.16. The first-order valence-electron chi connectivity index (χ1n) is 6.56. The van der Waals surface area contributed by atoms with Crippen molar-refractivity contribution in [1.82, 2.24) is 5.32 Å². The molecule has 0 bridgehead atoms. The molecule has 5 heteroatoms. The summed E-state index contributed by atoms with van der Waals surface area (Å²) in [5.74, 6) is 0.816. The second-order valence-electron chi connectivity index (χ2n) is 4.78. The summed E-state index contributed by atoms with van der Waals surface area (Å²) in [5, 5.41) is 3.86. The monoisotopic (exact) mass is 303 g/mol. The zero-order valence-corrected chi connectivity index (χ0v) is 13.1. The Morgan fingerprint density at radius 3 is 2.42 bits per heavy atom. The Morgan fingerprint density at radius 1 is 1.26 bits per heavy atom. The Kier molecular flexibility index (Phi) is 6.83. The van der Waals surface area contributed by atoms with Crippen LogP contribution in [0.15, 0.2) is 24.3 Å². The summed E-state index contributed by atoms with van der Waals surface area (Å²) >= 11 is 5.86. The summed E-state index contributed by atoms with van der Waals surface area (Å²) in [6.07, 6.45) is 1.57. The minimum Gasteiger partial charge on any atom is -0.319 e. The highest BCUT2D eigenvalue weighted by Crippen LogP contribution is 2.16. The number of benzene rings is 1. The molecule has 0 fully saturated rings. The van der Waals surface area contributed by atoms with E-state index in [1.165, 1.54) is 5.56 Å². The van der Waals surface area contributed by atoms with Crippen molar-refractivity contribution < 1.29 is 8.42 Å². The minimum atomic E-state index is -2.88. The molecule has 1 N–H and O–H groups in total. The number of rotatable bonds is 8. The SMILES string of the molecule is CCS(=O)(=O)CCC(CNC)Cc1ccc(Cl)cc1. The quantitative estimate of drug-likeness (QED) is 0.803. The van der Waals surface area contributed by atoms with Gasteiger partial charge in [-0.2, -0.15) is 0 Å². The highest BCUT2D eigenvalue weighted by atomic mass is 35.5. The van der Waals surface area contributed by atoms with E-state index in [-0.39, 0.29) is 11.5 Å². The molecule has 1 unspecified atom stereocenters. The smallest absolute Gasteiger partial charge is 0.150 e. The first-order valence-corrected chi connectivity index (χ1v) is 8.76. The number of hydrogen-bond donors (Lipinski definition) is 1. The maximum atomic E-state index is 11.6. The van der Waals surface area contributed by atoms with Gasteiger partial charge in [-0.1, -0.05) is 30.7 Å². The van der Waals surface area contributed by atoms with Crippen LogP contribution in [0.1, 0.15) is 18.9 Å². The molecule has 3 nitrogen and oxygen atoms in total. The summed E-state index contributed by atoms with van der Waals surface area (Å²) < 4.78 is 23.1. The van der Waals surface area contributed by atoms with Crippen LogP contribution in [-0.2, 0) is 16.3 Å². The lowest BCUT2D eigenvalue weighted by molar-refractivity contribution is 0.478. The third kappa shape index (κ3) is 6.41. The Bertz CT molecular complexity index is 471. The lowest BCUT2D eigenvalue weighted by Crippen LogP contribution is -2.24. The molecule has 0 aliphatic rings. The van der Waals surface area contributed by atoms with Crippen molar-refractivity contribution in [3.63, 3.8) is 0 Å². The standard InChI is InChI=1S/C14H22ClNO2S/c1-3-19(17,18)9-8-13(11-16-2)10-12-4-6-14(15)7-5-12/h4-7,13,16H,3,8-11H2,1-2H3. The molecule has 108 valence electrons. The zero-order valence-electron chi connectivity index (χ0n) is 11.5. The highest BCUT2D eigenvalue weighted by molar-refractivity contribution is 7.91. The van der Waals surface area contributed by atoms with Gasteiger partial charge in [0.15, 0.2) is 0 Å². The third-order valence-electron chi connectivity index (χ3n) is 3.21. The van der Waals surface area contributed by atoms with Crippen LogP contribution in [0.3, 0.4) is 0 Å². The molecule has 0 aliphatic carbocycles. The van der Waals surface area contributed by atoms with Gasteiger partial charge in [-0.05, 0) is 50.0 Å². The average Bonchev–Trinajstić information content (AvgIpc) is 2.39. The van der Waals surface area contributed by atoms with Crippen LogP contribution in [0.5, 0.6) is 0 Å². The van der Waals surface area contributed by atoms with Crippen molar-refractivity contribution in [2.45, 2.75) is 19.8 Å². The number of nitrogens with one attached hydrogen (secondary N) is 1. The van der Waals surface area contributed by atoms with E-state index >= 15 is 0 Å². The first-order chi connectivity index (χ1) is 8.96.